The molecule has 2 saturated heterocycles. The first-order valence-corrected chi connectivity index (χ1v) is 15.5. The molecule has 5 nitrogen and oxygen atoms in total. The number of amides is 1. The van der Waals surface area contributed by atoms with Gasteiger partial charge in [-0.05, 0) is 93.3 Å². The Bertz CT molecular complexity index is 1100. The van der Waals surface area contributed by atoms with E-state index in [-0.39, 0.29) is 23.5 Å². The van der Waals surface area contributed by atoms with Crippen molar-refractivity contribution in [1.29, 1.82) is 0 Å². The molecule has 2 unspecified atom stereocenters. The minimum atomic E-state index is -0.373. The van der Waals surface area contributed by atoms with Crippen molar-refractivity contribution in [2.24, 2.45) is 0 Å². The van der Waals surface area contributed by atoms with Gasteiger partial charge in [0.1, 0.15) is 0 Å². The minimum absolute atomic E-state index is 0.129. The third kappa shape index (κ3) is 6.49. The smallest absolute Gasteiger partial charge is 0.233 e. The van der Waals surface area contributed by atoms with Crippen LogP contribution in [0.2, 0.25) is 10.0 Å². The summed E-state index contributed by atoms with van der Waals surface area (Å²) in [6, 6.07) is 16.0. The summed E-state index contributed by atoms with van der Waals surface area (Å²) < 4.78 is 0. The Labute approximate surface area is 243 Å². The highest BCUT2D eigenvalue weighted by atomic mass is 35.5. The van der Waals surface area contributed by atoms with E-state index in [4.69, 9.17) is 23.2 Å². The molecule has 0 radical (unpaired) electrons. The molecule has 4 aliphatic rings. The quantitative estimate of drug-likeness (QED) is 0.463. The average Bonchev–Trinajstić information content (AvgIpc) is 2.88. The van der Waals surface area contributed by atoms with Crippen molar-refractivity contribution < 1.29 is 15.0 Å². The lowest BCUT2D eigenvalue weighted by molar-refractivity contribution is -0.144. The third-order valence-corrected chi connectivity index (χ3v) is 9.98. The van der Waals surface area contributed by atoms with Crippen LogP contribution in [0.5, 0.6) is 0 Å². The van der Waals surface area contributed by atoms with Gasteiger partial charge < -0.3 is 15.1 Å². The second kappa shape index (κ2) is 12.5. The van der Waals surface area contributed by atoms with Crippen LogP contribution in [0, 0.1) is 0 Å². The molecular weight excluding hydrogens is 531 g/mol. The molecule has 0 bridgehead atoms. The molecule has 2 aliphatic heterocycles. The van der Waals surface area contributed by atoms with Crippen LogP contribution in [0.1, 0.15) is 75.3 Å². The zero-order chi connectivity index (χ0) is 27.5. The fraction of sp³-hybridized carbons (Fsp3) is 0.594. The highest BCUT2D eigenvalue weighted by Gasteiger charge is 2.48. The highest BCUT2D eigenvalue weighted by molar-refractivity contribution is 6.30. The number of hydrogen-bond acceptors (Lipinski definition) is 4. The van der Waals surface area contributed by atoms with Crippen LogP contribution < -0.4 is 0 Å². The van der Waals surface area contributed by atoms with Gasteiger partial charge in [-0.3, -0.25) is 9.69 Å². The predicted molar refractivity (Wildman–Crippen MR) is 157 cm³/mol. The Morgan fingerprint density at radius 1 is 0.744 bits per heavy atom. The number of likely N-dealkylation sites (tertiary alicyclic amines) is 2. The van der Waals surface area contributed by atoms with Crippen LogP contribution in [-0.4, -0.2) is 70.9 Å². The average molecular weight is 574 g/mol. The van der Waals surface area contributed by atoms with Gasteiger partial charge in [0.25, 0.3) is 0 Å². The van der Waals surface area contributed by atoms with Gasteiger partial charge in [0.2, 0.25) is 5.91 Å². The lowest BCUT2D eigenvalue weighted by Gasteiger charge is -2.47. The second-order valence-electron chi connectivity index (χ2n) is 12.2. The fourth-order valence-corrected chi connectivity index (χ4v) is 7.17. The SMILES string of the molecule is O=C(N1CCCC(O)C1)C1(c2ccc(Cl)cc2)CCC1.OC1CCCN(CC2(c3ccc(Cl)cc3)CCC2)C1. The standard InChI is InChI=1S/C16H20ClNO2.C16H22ClNO/c17-13-6-4-12(5-7-13)16(8-2-9-16)15(20)18-10-1-3-14(19)11-18;17-14-6-4-13(5-7-14)16(8-2-9-16)12-18-10-1-3-15(19)11-18/h4-7,14,19H,1-3,8-11H2;4-7,15,19H,1-3,8-12H2. The molecule has 2 heterocycles. The van der Waals surface area contributed by atoms with Gasteiger partial charge in [-0.25, -0.2) is 0 Å². The first-order valence-electron chi connectivity index (χ1n) is 14.7. The molecule has 2 atom stereocenters. The molecule has 2 aromatic rings. The number of rotatable bonds is 5. The van der Waals surface area contributed by atoms with Crippen LogP contribution in [0.4, 0.5) is 0 Å². The van der Waals surface area contributed by atoms with Gasteiger partial charge in [0, 0.05) is 41.6 Å². The summed E-state index contributed by atoms with van der Waals surface area (Å²) in [5.41, 5.74) is 2.42. The molecule has 7 heteroatoms. The molecule has 1 amide bonds. The lowest BCUT2D eigenvalue weighted by Crippen LogP contribution is -2.54. The number of piperidine rings is 2. The van der Waals surface area contributed by atoms with Crippen molar-refractivity contribution in [3.8, 4) is 0 Å². The minimum Gasteiger partial charge on any atom is -0.392 e. The zero-order valence-electron chi connectivity index (χ0n) is 22.8. The lowest BCUT2D eigenvalue weighted by atomic mass is 9.63. The van der Waals surface area contributed by atoms with Crippen molar-refractivity contribution in [2.45, 2.75) is 87.2 Å². The van der Waals surface area contributed by atoms with Gasteiger partial charge in [0.15, 0.2) is 0 Å². The van der Waals surface area contributed by atoms with Gasteiger partial charge in [-0.1, -0.05) is 60.3 Å². The normalized spacial score (nSPS) is 26.0. The number of carbonyl (C=O) groups excluding carboxylic acids is 1. The van der Waals surface area contributed by atoms with Crippen molar-refractivity contribution in [2.75, 3.05) is 32.7 Å². The van der Waals surface area contributed by atoms with Gasteiger partial charge in [-0.15, -0.1) is 0 Å². The third-order valence-electron chi connectivity index (χ3n) is 9.47. The molecule has 6 rings (SSSR count). The number of benzene rings is 2. The zero-order valence-corrected chi connectivity index (χ0v) is 24.3. The Kier molecular flexibility index (Phi) is 9.25. The Hall–Kier alpha value is -1.63. The topological polar surface area (TPSA) is 64.0 Å². The monoisotopic (exact) mass is 572 g/mol. The summed E-state index contributed by atoms with van der Waals surface area (Å²) in [6.45, 7) is 4.31. The van der Waals surface area contributed by atoms with Gasteiger partial charge in [0.05, 0.1) is 17.6 Å². The summed E-state index contributed by atoms with van der Waals surface area (Å²) in [5, 5.41) is 21.1. The van der Waals surface area contributed by atoms with E-state index in [0.29, 0.717) is 17.0 Å². The van der Waals surface area contributed by atoms with Crippen molar-refractivity contribution >= 4 is 29.1 Å². The van der Waals surface area contributed by atoms with Crippen LogP contribution in [0.25, 0.3) is 0 Å². The maximum Gasteiger partial charge on any atom is 0.233 e. The number of β-amino-alcohol motifs (C(OH)–C–C–N with tert-alkyl or cyclic N) is 2. The van der Waals surface area contributed by atoms with Crippen LogP contribution in [0.15, 0.2) is 48.5 Å². The summed E-state index contributed by atoms with van der Waals surface area (Å²) >= 11 is 11.9. The van der Waals surface area contributed by atoms with E-state index in [0.717, 1.165) is 81.7 Å². The van der Waals surface area contributed by atoms with Gasteiger partial charge in [-0.2, -0.15) is 0 Å². The fourth-order valence-electron chi connectivity index (χ4n) is 6.91. The number of nitrogens with zero attached hydrogens (tertiary/aromatic N) is 2. The highest BCUT2D eigenvalue weighted by Crippen LogP contribution is 2.46. The first-order chi connectivity index (χ1) is 18.8. The largest absolute Gasteiger partial charge is 0.392 e. The number of carbonyl (C=O) groups is 1. The molecule has 2 aromatic carbocycles. The van der Waals surface area contributed by atoms with Crippen LogP contribution in [-0.2, 0) is 15.6 Å². The van der Waals surface area contributed by atoms with E-state index >= 15 is 0 Å². The van der Waals surface area contributed by atoms with E-state index in [2.05, 4.69) is 17.0 Å². The molecule has 39 heavy (non-hydrogen) atoms. The number of halogens is 2. The number of hydrogen-bond donors (Lipinski definition) is 2. The summed E-state index contributed by atoms with van der Waals surface area (Å²) in [5.74, 6) is 0.185. The molecule has 0 spiro atoms. The molecule has 2 N–H and O–H groups in total. The Balaban J connectivity index is 0.000000158. The maximum atomic E-state index is 12.9. The summed E-state index contributed by atoms with van der Waals surface area (Å²) in [6.07, 6.45) is 10.0. The first kappa shape index (κ1) is 28.9. The van der Waals surface area contributed by atoms with Crippen molar-refractivity contribution in [3.63, 3.8) is 0 Å². The van der Waals surface area contributed by atoms with Crippen molar-refractivity contribution in [3.05, 3.63) is 69.7 Å². The molecule has 2 saturated carbocycles. The molecular formula is C32H42Cl2N2O3. The van der Waals surface area contributed by atoms with Crippen LogP contribution in [0.3, 0.4) is 0 Å². The summed E-state index contributed by atoms with van der Waals surface area (Å²) in [7, 11) is 0. The Morgan fingerprint density at radius 3 is 1.77 bits per heavy atom. The number of aliphatic hydroxyl groups excluding tert-OH is 2. The Morgan fingerprint density at radius 2 is 1.28 bits per heavy atom. The van der Waals surface area contributed by atoms with Crippen molar-refractivity contribution in [1.82, 2.24) is 9.80 Å². The molecule has 0 aromatic heterocycles. The van der Waals surface area contributed by atoms with Gasteiger partial charge >= 0.3 is 0 Å². The summed E-state index contributed by atoms with van der Waals surface area (Å²) in [4.78, 5) is 17.2. The second-order valence-corrected chi connectivity index (χ2v) is 13.0. The number of aliphatic hydroxyl groups is 2. The van der Waals surface area contributed by atoms with E-state index in [1.807, 2.05) is 41.3 Å². The molecule has 4 fully saturated rings. The van der Waals surface area contributed by atoms with E-state index in [1.54, 1.807) is 0 Å². The van der Waals surface area contributed by atoms with E-state index < -0.39 is 0 Å². The molecule has 212 valence electrons. The van der Waals surface area contributed by atoms with E-state index in [9.17, 15) is 15.0 Å². The van der Waals surface area contributed by atoms with Crippen LogP contribution >= 0.6 is 23.2 Å². The predicted octanol–water partition coefficient (Wildman–Crippen LogP) is 5.96. The maximum absolute atomic E-state index is 12.9. The van der Waals surface area contributed by atoms with E-state index in [1.165, 1.54) is 24.8 Å². The molecule has 2 aliphatic carbocycles.